The zero-order valence-electron chi connectivity index (χ0n) is 19.2. The summed E-state index contributed by atoms with van der Waals surface area (Å²) >= 11 is 0. The molecule has 182 valence electrons. The summed E-state index contributed by atoms with van der Waals surface area (Å²) in [5, 5.41) is 7.79. The van der Waals surface area contributed by atoms with Crippen molar-refractivity contribution in [1.82, 2.24) is 20.0 Å². The van der Waals surface area contributed by atoms with E-state index in [0.29, 0.717) is 6.61 Å². The number of aryl methyl sites for hydroxylation is 3. The van der Waals surface area contributed by atoms with Gasteiger partial charge in [-0.25, -0.2) is 0 Å². The molecule has 35 heavy (non-hydrogen) atoms. The van der Waals surface area contributed by atoms with Crippen LogP contribution in [0.25, 0.3) is 11.1 Å². The van der Waals surface area contributed by atoms with Crippen LogP contribution >= 0.6 is 0 Å². The second-order valence-corrected chi connectivity index (χ2v) is 8.15. The van der Waals surface area contributed by atoms with Gasteiger partial charge in [0.05, 0.1) is 6.20 Å². The van der Waals surface area contributed by atoms with Crippen LogP contribution in [-0.4, -0.2) is 26.3 Å². The molecule has 0 amide bonds. The van der Waals surface area contributed by atoms with Gasteiger partial charge >= 0.3 is 6.36 Å². The molecule has 2 heterocycles. The Morgan fingerprint density at radius 1 is 0.914 bits per heavy atom. The van der Waals surface area contributed by atoms with Gasteiger partial charge in [0.1, 0.15) is 18.1 Å². The largest absolute Gasteiger partial charge is 0.573 e. The molecule has 6 nitrogen and oxygen atoms in total. The number of ether oxygens (including phenoxy) is 2. The molecule has 0 radical (unpaired) electrons. The first-order valence-electron chi connectivity index (χ1n) is 11.2. The van der Waals surface area contributed by atoms with E-state index in [4.69, 9.17) is 4.74 Å². The molecule has 0 atom stereocenters. The van der Waals surface area contributed by atoms with Crippen LogP contribution in [-0.2, 0) is 19.6 Å². The number of alkyl halides is 3. The molecule has 0 N–H and O–H groups in total. The number of pyridine rings is 1. The Labute approximate surface area is 201 Å². The van der Waals surface area contributed by atoms with E-state index in [1.807, 2.05) is 29.1 Å². The first-order valence-corrected chi connectivity index (χ1v) is 11.2. The lowest BCUT2D eigenvalue weighted by Crippen LogP contribution is -2.16. The highest BCUT2D eigenvalue weighted by Crippen LogP contribution is 2.27. The smallest absolute Gasteiger partial charge is 0.489 e. The Morgan fingerprint density at radius 2 is 1.71 bits per heavy atom. The SMILES string of the molecule is Cc1cc(OCc2cncc(-c3ccc(OC(F)(F)F)cc3)c2)ccc1CCCCn1ccnn1. The highest BCUT2D eigenvalue weighted by molar-refractivity contribution is 5.63. The van der Waals surface area contributed by atoms with Crippen LogP contribution in [0, 0.1) is 6.92 Å². The van der Waals surface area contributed by atoms with Gasteiger partial charge in [0.2, 0.25) is 0 Å². The molecule has 0 unspecified atom stereocenters. The highest BCUT2D eigenvalue weighted by Gasteiger charge is 2.30. The van der Waals surface area contributed by atoms with Crippen molar-refractivity contribution in [3.63, 3.8) is 0 Å². The molecule has 0 bridgehead atoms. The summed E-state index contributed by atoms with van der Waals surface area (Å²) in [5.74, 6) is 0.510. The number of hydrogen-bond acceptors (Lipinski definition) is 5. The van der Waals surface area contributed by atoms with Crippen molar-refractivity contribution >= 4 is 0 Å². The van der Waals surface area contributed by atoms with Crippen molar-refractivity contribution < 1.29 is 22.6 Å². The lowest BCUT2D eigenvalue weighted by atomic mass is 10.0. The van der Waals surface area contributed by atoms with Crippen molar-refractivity contribution in [2.45, 2.75) is 45.7 Å². The summed E-state index contributed by atoms with van der Waals surface area (Å²) in [5.41, 5.74) is 4.83. The summed E-state index contributed by atoms with van der Waals surface area (Å²) in [7, 11) is 0. The van der Waals surface area contributed by atoms with Gasteiger partial charge in [0.15, 0.2) is 0 Å². The molecular weight excluding hydrogens is 457 g/mol. The van der Waals surface area contributed by atoms with Crippen LogP contribution in [0.3, 0.4) is 0 Å². The highest BCUT2D eigenvalue weighted by atomic mass is 19.4. The van der Waals surface area contributed by atoms with E-state index < -0.39 is 6.36 Å². The summed E-state index contributed by atoms with van der Waals surface area (Å²) in [6, 6.07) is 13.7. The second-order valence-electron chi connectivity index (χ2n) is 8.15. The zero-order valence-corrected chi connectivity index (χ0v) is 19.2. The first-order chi connectivity index (χ1) is 16.9. The van der Waals surface area contributed by atoms with E-state index in [0.717, 1.165) is 48.2 Å². The third-order valence-electron chi connectivity index (χ3n) is 5.49. The van der Waals surface area contributed by atoms with Gasteiger partial charge < -0.3 is 9.47 Å². The van der Waals surface area contributed by atoms with E-state index in [2.05, 4.69) is 33.0 Å². The predicted molar refractivity (Wildman–Crippen MR) is 125 cm³/mol. The minimum Gasteiger partial charge on any atom is -0.489 e. The predicted octanol–water partition coefficient (Wildman–Crippen LogP) is 6.15. The molecule has 0 spiro atoms. The molecule has 0 saturated carbocycles. The molecule has 4 aromatic rings. The maximum atomic E-state index is 12.4. The Hall–Kier alpha value is -3.88. The fourth-order valence-electron chi connectivity index (χ4n) is 3.72. The number of benzene rings is 2. The third-order valence-corrected chi connectivity index (χ3v) is 5.49. The second kappa shape index (κ2) is 11.0. The fraction of sp³-hybridized carbons (Fsp3) is 0.269. The molecule has 2 aromatic heterocycles. The molecule has 4 rings (SSSR count). The maximum absolute atomic E-state index is 12.4. The molecule has 0 aliphatic rings. The maximum Gasteiger partial charge on any atom is 0.573 e. The van der Waals surface area contributed by atoms with Crippen LogP contribution in [0.5, 0.6) is 11.5 Å². The average Bonchev–Trinajstić information content (AvgIpc) is 3.35. The van der Waals surface area contributed by atoms with Gasteiger partial charge in [0.25, 0.3) is 0 Å². The van der Waals surface area contributed by atoms with Gasteiger partial charge in [0, 0.05) is 36.3 Å². The van der Waals surface area contributed by atoms with E-state index in [-0.39, 0.29) is 5.75 Å². The van der Waals surface area contributed by atoms with E-state index in [9.17, 15) is 13.2 Å². The molecule has 0 saturated heterocycles. The van der Waals surface area contributed by atoms with Crippen LogP contribution in [0.1, 0.15) is 29.5 Å². The van der Waals surface area contributed by atoms with Crippen LogP contribution in [0.15, 0.2) is 73.3 Å². The normalized spacial score (nSPS) is 11.4. The van der Waals surface area contributed by atoms with Gasteiger partial charge in [-0.05, 0) is 73.2 Å². The van der Waals surface area contributed by atoms with E-state index >= 15 is 0 Å². The van der Waals surface area contributed by atoms with Gasteiger partial charge in [-0.1, -0.05) is 23.4 Å². The van der Waals surface area contributed by atoms with Gasteiger partial charge in [-0.15, -0.1) is 18.3 Å². The number of aromatic nitrogens is 4. The van der Waals surface area contributed by atoms with Gasteiger partial charge in [-0.3, -0.25) is 9.67 Å². The van der Waals surface area contributed by atoms with Crippen molar-refractivity contribution in [3.8, 4) is 22.6 Å². The van der Waals surface area contributed by atoms with E-state index in [1.54, 1.807) is 30.7 Å². The average molecular weight is 483 g/mol. The summed E-state index contributed by atoms with van der Waals surface area (Å²) in [6.45, 7) is 3.26. The molecule has 9 heteroatoms. The monoisotopic (exact) mass is 482 g/mol. The van der Waals surface area contributed by atoms with Gasteiger partial charge in [-0.2, -0.15) is 0 Å². The number of halogens is 3. The molecular formula is C26H25F3N4O2. The Bertz CT molecular complexity index is 1230. The molecule has 0 aliphatic carbocycles. The lowest BCUT2D eigenvalue weighted by molar-refractivity contribution is -0.274. The summed E-state index contributed by atoms with van der Waals surface area (Å²) in [4.78, 5) is 4.25. The summed E-state index contributed by atoms with van der Waals surface area (Å²) in [6.07, 6.45) is 5.28. The topological polar surface area (TPSA) is 62.1 Å². The molecule has 0 fully saturated rings. The minimum atomic E-state index is -4.71. The zero-order chi connectivity index (χ0) is 24.7. The van der Waals surface area contributed by atoms with Crippen LogP contribution < -0.4 is 9.47 Å². The van der Waals surface area contributed by atoms with Crippen molar-refractivity contribution in [2.75, 3.05) is 0 Å². The van der Waals surface area contributed by atoms with Crippen LogP contribution in [0.4, 0.5) is 13.2 Å². The lowest BCUT2D eigenvalue weighted by Gasteiger charge is -2.12. The quantitative estimate of drug-likeness (QED) is 0.254. The van der Waals surface area contributed by atoms with Crippen molar-refractivity contribution in [2.24, 2.45) is 0 Å². The number of rotatable bonds is 10. The van der Waals surface area contributed by atoms with E-state index in [1.165, 1.54) is 23.3 Å². The number of hydrogen-bond donors (Lipinski definition) is 0. The Morgan fingerprint density at radius 3 is 2.43 bits per heavy atom. The minimum absolute atomic E-state index is 0.261. The Kier molecular flexibility index (Phi) is 7.64. The Balaban J connectivity index is 1.30. The van der Waals surface area contributed by atoms with Crippen LogP contribution in [0.2, 0.25) is 0 Å². The molecule has 0 aliphatic heterocycles. The third kappa shape index (κ3) is 7.30. The van der Waals surface area contributed by atoms with Crippen molar-refractivity contribution in [1.29, 1.82) is 0 Å². The number of nitrogens with zero attached hydrogens (tertiary/aromatic N) is 4. The molecule has 2 aromatic carbocycles. The number of unbranched alkanes of at least 4 members (excludes halogenated alkanes) is 1. The van der Waals surface area contributed by atoms with Crippen molar-refractivity contribution in [3.05, 3.63) is 90.0 Å². The standard InChI is InChI=1S/C26H25F3N4O2/c1-19-14-25(10-5-21(19)4-2-3-12-33-13-11-31-32-33)34-18-20-15-23(17-30-16-20)22-6-8-24(9-7-22)35-26(27,28)29/h5-11,13-17H,2-4,12,18H2,1H3. The first kappa shape index (κ1) is 24.3. The summed E-state index contributed by atoms with van der Waals surface area (Å²) < 4.78 is 48.8. The fourth-order valence-corrected chi connectivity index (χ4v) is 3.72.